The zero-order valence-electron chi connectivity index (χ0n) is 77.6. The van der Waals surface area contributed by atoms with Crippen molar-refractivity contribution in [3.05, 3.63) is 129 Å². The molecule has 0 aliphatic rings. The average molecular weight is 1690 g/mol. The highest BCUT2D eigenvalue weighted by Crippen LogP contribution is 2.45. The Balaban J connectivity index is 1.94. The molecule has 0 radical (unpaired) electrons. The zero-order chi connectivity index (χ0) is 89.4. The van der Waals surface area contributed by atoms with Crippen molar-refractivity contribution < 1.29 is 47.4 Å². The second-order valence-electron chi connectivity index (χ2n) is 32.3. The molecule has 670 valence electrons. The van der Waals surface area contributed by atoms with E-state index in [1.165, 1.54) is 6.08 Å². The molecule has 0 spiro atoms. The van der Waals surface area contributed by atoms with Gasteiger partial charge in [-0.1, -0.05) is 268 Å². The molecule has 0 amide bonds. The van der Waals surface area contributed by atoms with Gasteiger partial charge in [-0.15, -0.1) is 0 Å². The lowest BCUT2D eigenvalue weighted by Crippen LogP contribution is -2.06. The molecule has 16 heteroatoms. The number of nitriles is 6. The summed E-state index contributed by atoms with van der Waals surface area (Å²) in [5, 5.41) is 66.9. The normalized spacial score (nSPS) is 11.6. The number of hydrogen-bond acceptors (Lipinski definition) is 16. The number of allylic oxidation sites excluding steroid dienone is 6. The lowest BCUT2D eigenvalue weighted by Gasteiger charge is -2.19. The Morgan fingerprint density at radius 1 is 0.226 bits per heavy atom. The lowest BCUT2D eigenvalue weighted by molar-refractivity contribution is 0.295. The van der Waals surface area contributed by atoms with E-state index >= 15 is 0 Å². The highest BCUT2D eigenvalue weighted by Gasteiger charge is 2.25. The zero-order valence-corrected chi connectivity index (χ0v) is 77.6. The number of rotatable bonds is 70. The van der Waals surface area contributed by atoms with Crippen LogP contribution in [0, 0.1) is 68.0 Å². The van der Waals surface area contributed by atoms with Crippen molar-refractivity contribution in [3.8, 4) is 93.9 Å². The Bertz CT molecular complexity index is 4410. The molecule has 5 rings (SSSR count). The molecule has 0 heterocycles. The van der Waals surface area contributed by atoms with Crippen LogP contribution in [-0.4, -0.2) is 66.1 Å². The van der Waals surface area contributed by atoms with Gasteiger partial charge in [0, 0.05) is 61.7 Å². The maximum atomic E-state index is 11.9. The molecule has 0 aliphatic heterocycles. The van der Waals surface area contributed by atoms with Crippen molar-refractivity contribution in [2.45, 2.75) is 326 Å². The molecule has 5 aromatic carbocycles. The molecule has 0 bridgehead atoms. The van der Waals surface area contributed by atoms with E-state index in [9.17, 15) is 31.6 Å². The van der Waals surface area contributed by atoms with Crippen molar-refractivity contribution in [2.24, 2.45) is 0 Å². The lowest BCUT2D eigenvalue weighted by atomic mass is 9.95. The van der Waals surface area contributed by atoms with Gasteiger partial charge in [-0.05, 0) is 155 Å². The van der Waals surface area contributed by atoms with Crippen LogP contribution in [0.1, 0.15) is 382 Å². The Labute approximate surface area is 747 Å². The van der Waals surface area contributed by atoms with Crippen molar-refractivity contribution in [1.29, 1.82) is 31.6 Å². The van der Waals surface area contributed by atoms with Crippen LogP contribution >= 0.6 is 0 Å². The largest absolute Gasteiger partial charge is 0.493 e. The molecule has 0 aliphatic carbocycles. The minimum Gasteiger partial charge on any atom is -0.493 e. The van der Waals surface area contributed by atoms with Gasteiger partial charge in [0.15, 0.2) is 0 Å². The van der Waals surface area contributed by atoms with E-state index in [0.717, 1.165) is 257 Å². The minimum atomic E-state index is 0.239. The second kappa shape index (κ2) is 65.1. The Morgan fingerprint density at radius 3 is 0.589 bits per heavy atom. The predicted molar refractivity (Wildman–Crippen MR) is 512 cm³/mol. The second-order valence-corrected chi connectivity index (χ2v) is 32.3. The smallest absolute Gasteiger partial charge is 0.128 e. The number of unbranched alkanes of at least 4 members (excludes halogenated alkanes) is 30. The number of hydrogen-bond donors (Lipinski definition) is 0. The van der Waals surface area contributed by atoms with Crippen LogP contribution < -0.4 is 47.4 Å². The first kappa shape index (κ1) is 104. The van der Waals surface area contributed by atoms with E-state index in [4.69, 9.17) is 47.4 Å². The van der Waals surface area contributed by atoms with Gasteiger partial charge in [0.05, 0.1) is 130 Å². The molecular formula is C108H148N6O10. The van der Waals surface area contributed by atoms with Crippen molar-refractivity contribution in [1.82, 2.24) is 0 Å². The van der Waals surface area contributed by atoms with Gasteiger partial charge in [-0.3, -0.25) is 0 Å². The van der Waals surface area contributed by atoms with Gasteiger partial charge < -0.3 is 47.4 Å². The number of ether oxygens (including phenoxy) is 10. The third kappa shape index (κ3) is 37.9. The monoisotopic (exact) mass is 1690 g/mol. The molecule has 16 nitrogen and oxygen atoms in total. The standard InChI is InChI=1S/C108H148N6O10/c1-12-22-32-42-55-115-99-75-95(105(69-85(99)53-52-54-109)121-61-48-38-28-18-7)90(80-111)66-87-71-107(123-63-50-40-30-20-9)97(77-101(87)117-57-44-34-24-14-3)92(82-113)68-89-73-108(124-64-51-41-31-21-10)98(78-103(89)119-59-46-36-26-16-5)93(83-114)67-88-72-106(122-62-49-39-29-19-8)96(76-102(88)118-58-45-35-25-15-4)91(81-112)65-86-70-104(120-60-47-37-27-17-6)94(84(11)79-110)74-100(86)116-56-43-33-23-13-2/h52-53,65-78H,11-51,55-64H2,1-10H3/b53-52+,90-66+,91-65+,92-68+,93-67+. The van der Waals surface area contributed by atoms with Crippen LogP contribution in [0.15, 0.2) is 73.3 Å². The fourth-order valence-corrected chi connectivity index (χ4v) is 14.4. The van der Waals surface area contributed by atoms with Crippen LogP contribution in [0.3, 0.4) is 0 Å². The highest BCUT2D eigenvalue weighted by molar-refractivity contribution is 6.00. The van der Waals surface area contributed by atoms with Crippen LogP contribution in [0.5, 0.6) is 57.5 Å². The Kier molecular flexibility index (Phi) is 54.7. The van der Waals surface area contributed by atoms with Gasteiger partial charge in [0.1, 0.15) is 57.5 Å². The summed E-state index contributed by atoms with van der Waals surface area (Å²) in [6.45, 7) is 29.7. The molecule has 0 saturated heterocycles. The number of nitrogens with zero attached hydrogens (tertiary/aromatic N) is 6. The molecule has 0 fully saturated rings. The Hall–Kier alpha value is -10.5. The Morgan fingerprint density at radius 2 is 0.403 bits per heavy atom. The van der Waals surface area contributed by atoms with Crippen LogP contribution in [0.2, 0.25) is 0 Å². The molecule has 0 saturated carbocycles. The van der Waals surface area contributed by atoms with E-state index in [-0.39, 0.29) is 27.9 Å². The van der Waals surface area contributed by atoms with Gasteiger partial charge >= 0.3 is 0 Å². The SMILES string of the molecule is C=C(C#N)c1cc(OCCCCCC)c(/C=C(\C#N)c2cc(OCCCCCC)c(/C=C(\C#N)c3cc(OCCCCCC)c(/C=C(\C#N)c4cc(OCCCCCC)c(/C=C(\C#N)c5cc(OCCCCCC)c(/C=C/C#N)cc5OCCCCCC)cc4OCCCCCC)cc3OCCCCCC)cc2OCCCCCC)cc1OCCCCCC. The number of benzene rings is 5. The van der Waals surface area contributed by atoms with Crippen LogP contribution in [0.4, 0.5) is 0 Å². The first-order valence-electron chi connectivity index (χ1n) is 47.7. The van der Waals surface area contributed by atoms with Gasteiger partial charge in [-0.25, -0.2) is 0 Å². The predicted octanol–water partition coefficient (Wildman–Crippen LogP) is 30.6. The third-order valence-electron chi connectivity index (χ3n) is 21.8. The highest BCUT2D eigenvalue weighted by atomic mass is 16.5. The van der Waals surface area contributed by atoms with E-state index in [1.807, 2.05) is 78.9 Å². The van der Waals surface area contributed by atoms with E-state index in [1.54, 1.807) is 12.2 Å². The molecule has 5 aromatic rings. The first-order valence-corrected chi connectivity index (χ1v) is 47.7. The quantitative estimate of drug-likeness (QED) is 0.0200. The molecule has 0 atom stereocenters. The summed E-state index contributed by atoms with van der Waals surface area (Å²) < 4.78 is 67.8. The van der Waals surface area contributed by atoms with Crippen LogP contribution in [0.25, 0.3) is 58.2 Å². The molecule has 0 N–H and O–H groups in total. The first-order chi connectivity index (χ1) is 60.9. The molecular weight excluding hydrogens is 1540 g/mol. The average Bonchev–Trinajstić information content (AvgIpc) is 0.786. The fraction of sp³-hybridized carbons (Fsp3) is 0.556. The minimum absolute atomic E-state index is 0.239. The van der Waals surface area contributed by atoms with Gasteiger partial charge in [0.25, 0.3) is 0 Å². The van der Waals surface area contributed by atoms with E-state index in [0.29, 0.717) is 179 Å². The molecule has 0 unspecified atom stereocenters. The summed E-state index contributed by atoms with van der Waals surface area (Å²) in [6.07, 6.45) is 48.7. The third-order valence-corrected chi connectivity index (χ3v) is 21.8. The summed E-state index contributed by atoms with van der Waals surface area (Å²) in [7, 11) is 0. The summed E-state index contributed by atoms with van der Waals surface area (Å²) in [6, 6.07) is 33.3. The van der Waals surface area contributed by atoms with Crippen molar-refractivity contribution >= 4 is 58.2 Å². The topological polar surface area (TPSA) is 235 Å². The van der Waals surface area contributed by atoms with Crippen molar-refractivity contribution in [3.63, 3.8) is 0 Å². The van der Waals surface area contributed by atoms with E-state index < -0.39 is 0 Å². The maximum absolute atomic E-state index is 11.9. The van der Waals surface area contributed by atoms with Gasteiger partial charge in [-0.2, -0.15) is 31.6 Å². The summed E-state index contributed by atoms with van der Waals surface area (Å²) >= 11 is 0. The van der Waals surface area contributed by atoms with Crippen LogP contribution in [-0.2, 0) is 0 Å². The van der Waals surface area contributed by atoms with E-state index in [2.05, 4.69) is 112 Å². The molecule has 0 aromatic heterocycles. The summed E-state index contributed by atoms with van der Waals surface area (Å²) in [5.74, 6) is 4.52. The molecule has 124 heavy (non-hydrogen) atoms. The van der Waals surface area contributed by atoms with Gasteiger partial charge in [0.2, 0.25) is 0 Å². The fourth-order valence-electron chi connectivity index (χ4n) is 14.4. The summed E-state index contributed by atoms with van der Waals surface area (Å²) in [5.41, 5.74) is 6.68. The summed E-state index contributed by atoms with van der Waals surface area (Å²) in [4.78, 5) is 0. The maximum Gasteiger partial charge on any atom is 0.128 e. The van der Waals surface area contributed by atoms with Crippen molar-refractivity contribution in [2.75, 3.05) is 66.1 Å².